The minimum Gasteiger partial charge on any atom is -0.744 e. The van der Waals surface area contributed by atoms with Gasteiger partial charge in [-0.15, -0.1) is 0 Å². The molecule has 2 aromatic carbocycles. The second-order valence-electron chi connectivity index (χ2n) is 9.96. The first-order valence-corrected chi connectivity index (χ1v) is 15.4. The van der Waals surface area contributed by atoms with Gasteiger partial charge in [-0.2, -0.15) is 0 Å². The number of aryl methyl sites for hydroxylation is 2. The summed E-state index contributed by atoms with van der Waals surface area (Å²) in [5.74, 6) is 0. The topological polar surface area (TPSA) is 57.2 Å². The molecule has 0 aromatic heterocycles. The third-order valence-electron chi connectivity index (χ3n) is 7.05. The van der Waals surface area contributed by atoms with E-state index in [0.29, 0.717) is 6.42 Å². The summed E-state index contributed by atoms with van der Waals surface area (Å²) in [6.07, 6.45) is 21.4. The second kappa shape index (κ2) is 19.3. The standard InChI is InChI=1S/C30H48O3S.K/c1-3-5-7-9-11-13-15-17-20-26-21-19-22-27-24-25-29(34(31,32)33)28(30(26)27)23-18-16-14-12-10-8-6-4-2;/h19,21-22,24-25H,3-18,20,23H2,1-2H3,(H,31,32,33);/q;+1/p-1. The molecule has 0 amide bonds. The van der Waals surface area contributed by atoms with Crippen molar-refractivity contribution in [1.29, 1.82) is 0 Å². The van der Waals surface area contributed by atoms with Gasteiger partial charge in [0.1, 0.15) is 10.1 Å². The fraction of sp³-hybridized carbons (Fsp3) is 0.667. The number of hydrogen-bond acceptors (Lipinski definition) is 3. The van der Waals surface area contributed by atoms with E-state index in [1.165, 1.54) is 95.1 Å². The molecule has 35 heavy (non-hydrogen) atoms. The maximum Gasteiger partial charge on any atom is 1.00 e. The van der Waals surface area contributed by atoms with Crippen LogP contribution < -0.4 is 51.4 Å². The zero-order valence-electron chi connectivity index (χ0n) is 22.7. The number of unbranched alkanes of at least 4 members (excludes halogenated alkanes) is 14. The van der Waals surface area contributed by atoms with Crippen LogP contribution in [0.2, 0.25) is 0 Å². The Balaban J connectivity index is 0.00000612. The molecule has 0 atom stereocenters. The average Bonchev–Trinajstić information content (AvgIpc) is 2.81. The van der Waals surface area contributed by atoms with Crippen LogP contribution in [-0.2, 0) is 23.0 Å². The van der Waals surface area contributed by atoms with Gasteiger partial charge in [-0.1, -0.05) is 128 Å². The van der Waals surface area contributed by atoms with E-state index in [9.17, 15) is 13.0 Å². The van der Waals surface area contributed by atoms with Gasteiger partial charge >= 0.3 is 51.4 Å². The predicted molar refractivity (Wildman–Crippen MR) is 145 cm³/mol. The Morgan fingerprint density at radius 2 is 1.11 bits per heavy atom. The second-order valence-corrected chi connectivity index (χ2v) is 11.3. The summed E-state index contributed by atoms with van der Waals surface area (Å²) in [5, 5.41) is 2.07. The van der Waals surface area contributed by atoms with Crippen molar-refractivity contribution in [2.75, 3.05) is 0 Å². The predicted octanol–water partition coefficient (Wildman–Crippen LogP) is 6.11. The first kappa shape index (κ1) is 33.3. The van der Waals surface area contributed by atoms with Crippen molar-refractivity contribution in [3.05, 3.63) is 41.5 Å². The Morgan fingerprint density at radius 1 is 0.629 bits per heavy atom. The normalized spacial score (nSPS) is 11.6. The van der Waals surface area contributed by atoms with Crippen molar-refractivity contribution in [3.8, 4) is 0 Å². The Kier molecular flexibility index (Phi) is 18.4. The SMILES string of the molecule is CCCCCCCCCCc1cccc2ccc(S(=O)(=O)[O-])c(CCCCCCCCCC)c12.[K+]. The maximum atomic E-state index is 12.1. The molecule has 5 heteroatoms. The molecule has 0 bridgehead atoms. The quantitative estimate of drug-likeness (QED) is 0.126. The van der Waals surface area contributed by atoms with Gasteiger partial charge in [-0.3, -0.25) is 0 Å². The van der Waals surface area contributed by atoms with E-state index < -0.39 is 10.1 Å². The molecule has 0 saturated heterocycles. The molecule has 0 aliphatic carbocycles. The maximum absolute atomic E-state index is 12.1. The van der Waals surface area contributed by atoms with Gasteiger partial charge in [0, 0.05) is 0 Å². The van der Waals surface area contributed by atoms with Crippen molar-refractivity contribution in [2.24, 2.45) is 0 Å². The monoisotopic (exact) mass is 526 g/mol. The molecule has 0 aliphatic heterocycles. The Hall–Kier alpha value is 0.246. The molecule has 0 spiro atoms. The molecule has 0 radical (unpaired) electrons. The van der Waals surface area contributed by atoms with Crippen molar-refractivity contribution < 1.29 is 64.4 Å². The third-order valence-corrected chi connectivity index (χ3v) is 7.97. The number of benzene rings is 2. The number of hydrogen-bond donors (Lipinski definition) is 0. The molecule has 2 rings (SSSR count). The first-order chi connectivity index (χ1) is 16.5. The van der Waals surface area contributed by atoms with Crippen LogP contribution in [0.3, 0.4) is 0 Å². The molecule has 0 unspecified atom stereocenters. The van der Waals surface area contributed by atoms with Gasteiger partial charge in [0.15, 0.2) is 0 Å². The third kappa shape index (κ3) is 12.6. The van der Waals surface area contributed by atoms with Crippen molar-refractivity contribution in [3.63, 3.8) is 0 Å². The molecule has 0 N–H and O–H groups in total. The molecule has 2 aromatic rings. The van der Waals surface area contributed by atoms with E-state index in [4.69, 9.17) is 0 Å². The van der Waals surface area contributed by atoms with E-state index >= 15 is 0 Å². The summed E-state index contributed by atoms with van der Waals surface area (Å²) in [5.41, 5.74) is 1.96. The van der Waals surface area contributed by atoms with Gasteiger partial charge in [-0.05, 0) is 53.6 Å². The Morgan fingerprint density at radius 3 is 1.63 bits per heavy atom. The van der Waals surface area contributed by atoms with Gasteiger partial charge < -0.3 is 4.55 Å². The van der Waals surface area contributed by atoms with Crippen LogP contribution in [0, 0.1) is 0 Å². The zero-order chi connectivity index (χ0) is 24.7. The van der Waals surface area contributed by atoms with Crippen molar-refractivity contribution in [2.45, 2.75) is 134 Å². The Labute approximate surface area is 258 Å². The van der Waals surface area contributed by atoms with Gasteiger partial charge in [-0.25, -0.2) is 8.42 Å². The van der Waals surface area contributed by atoms with Crippen LogP contribution in [0.5, 0.6) is 0 Å². The number of fused-ring (bicyclic) bond motifs is 1. The smallest absolute Gasteiger partial charge is 0.744 e. The van der Waals surface area contributed by atoms with Gasteiger partial charge in [0.05, 0.1) is 4.90 Å². The fourth-order valence-electron chi connectivity index (χ4n) is 5.09. The van der Waals surface area contributed by atoms with E-state index in [-0.39, 0.29) is 56.3 Å². The van der Waals surface area contributed by atoms with Crippen LogP contribution in [-0.4, -0.2) is 13.0 Å². The molecule has 0 aliphatic rings. The molecular weight excluding hydrogens is 479 g/mol. The van der Waals surface area contributed by atoms with Crippen LogP contribution in [0.15, 0.2) is 35.2 Å². The van der Waals surface area contributed by atoms with Crippen LogP contribution in [0.1, 0.15) is 128 Å². The fourth-order valence-corrected chi connectivity index (χ4v) is 5.83. The van der Waals surface area contributed by atoms with Crippen LogP contribution in [0.4, 0.5) is 0 Å². The van der Waals surface area contributed by atoms with Gasteiger partial charge in [0.25, 0.3) is 0 Å². The van der Waals surface area contributed by atoms with E-state index in [2.05, 4.69) is 26.0 Å². The van der Waals surface area contributed by atoms with Crippen LogP contribution in [0.25, 0.3) is 10.8 Å². The van der Waals surface area contributed by atoms with Crippen LogP contribution >= 0.6 is 0 Å². The van der Waals surface area contributed by atoms with Crippen molar-refractivity contribution >= 4 is 20.9 Å². The largest absolute Gasteiger partial charge is 1.00 e. The van der Waals surface area contributed by atoms with E-state index in [0.717, 1.165) is 42.0 Å². The van der Waals surface area contributed by atoms with E-state index in [1.54, 1.807) is 0 Å². The number of rotatable bonds is 19. The summed E-state index contributed by atoms with van der Waals surface area (Å²) < 4.78 is 36.3. The summed E-state index contributed by atoms with van der Waals surface area (Å²) in [6.45, 7) is 4.48. The minimum atomic E-state index is -4.49. The average molecular weight is 527 g/mol. The molecule has 0 saturated carbocycles. The van der Waals surface area contributed by atoms with Crippen molar-refractivity contribution in [1.82, 2.24) is 0 Å². The molecule has 0 fully saturated rings. The van der Waals surface area contributed by atoms with E-state index in [1.807, 2.05) is 12.1 Å². The van der Waals surface area contributed by atoms with Gasteiger partial charge in [0.2, 0.25) is 0 Å². The Bertz CT molecular complexity index is 940. The first-order valence-electron chi connectivity index (χ1n) is 14.0. The summed E-state index contributed by atoms with van der Waals surface area (Å²) >= 11 is 0. The minimum absolute atomic E-state index is 0. The summed E-state index contributed by atoms with van der Waals surface area (Å²) in [6, 6.07) is 9.58. The molecule has 0 heterocycles. The summed E-state index contributed by atoms with van der Waals surface area (Å²) in [4.78, 5) is -0.00804. The summed E-state index contributed by atoms with van der Waals surface area (Å²) in [7, 11) is -4.49. The molecular formula is C30H47KO3S. The molecule has 192 valence electrons. The molecule has 3 nitrogen and oxygen atoms in total. The zero-order valence-corrected chi connectivity index (χ0v) is 26.7.